The molecule has 0 aromatic carbocycles. The summed E-state index contributed by atoms with van der Waals surface area (Å²) in [4.78, 5) is 11.6. The van der Waals surface area contributed by atoms with Gasteiger partial charge in [-0.1, -0.05) is 13.8 Å². The summed E-state index contributed by atoms with van der Waals surface area (Å²) in [6.45, 7) is 5.98. The van der Waals surface area contributed by atoms with Crippen molar-refractivity contribution in [2.45, 2.75) is 32.7 Å². The van der Waals surface area contributed by atoms with Gasteiger partial charge < -0.3 is 15.7 Å². The Hall–Kier alpha value is -0.610. The third-order valence-corrected chi connectivity index (χ3v) is 2.98. The maximum Gasteiger partial charge on any atom is 0.220 e. The second-order valence-corrected chi connectivity index (χ2v) is 4.66. The molecule has 2 unspecified atom stereocenters. The number of hydrogen-bond acceptors (Lipinski definition) is 3. The van der Waals surface area contributed by atoms with E-state index in [-0.39, 0.29) is 24.5 Å². The second-order valence-electron chi connectivity index (χ2n) is 4.66. The maximum absolute atomic E-state index is 11.6. The molecule has 1 saturated heterocycles. The molecule has 4 heteroatoms. The van der Waals surface area contributed by atoms with Crippen molar-refractivity contribution >= 4 is 5.91 Å². The van der Waals surface area contributed by atoms with Gasteiger partial charge in [-0.05, 0) is 31.3 Å². The maximum atomic E-state index is 11.6. The van der Waals surface area contributed by atoms with Crippen LogP contribution in [-0.2, 0) is 4.79 Å². The van der Waals surface area contributed by atoms with Crippen molar-refractivity contribution in [2.24, 2.45) is 11.8 Å². The lowest BCUT2D eigenvalue weighted by atomic mass is 10.0. The van der Waals surface area contributed by atoms with Gasteiger partial charge in [0.1, 0.15) is 0 Å². The fourth-order valence-corrected chi connectivity index (χ4v) is 1.84. The fraction of sp³-hybridized carbons (Fsp3) is 0.909. The van der Waals surface area contributed by atoms with Crippen LogP contribution in [0.15, 0.2) is 0 Å². The number of aliphatic hydroxyl groups excluding tert-OH is 1. The van der Waals surface area contributed by atoms with Crippen LogP contribution in [-0.4, -0.2) is 36.8 Å². The predicted octanol–water partition coefficient (Wildman–Crippen LogP) is 0.119. The highest BCUT2D eigenvalue weighted by atomic mass is 16.3. The molecule has 0 spiro atoms. The molecule has 15 heavy (non-hydrogen) atoms. The van der Waals surface area contributed by atoms with Gasteiger partial charge in [0.05, 0.1) is 12.6 Å². The number of hydrogen-bond donors (Lipinski definition) is 3. The average molecular weight is 214 g/mol. The Morgan fingerprint density at radius 2 is 2.33 bits per heavy atom. The third kappa shape index (κ3) is 4.18. The summed E-state index contributed by atoms with van der Waals surface area (Å²) in [6.07, 6.45) is 1.66. The quantitative estimate of drug-likeness (QED) is 0.609. The van der Waals surface area contributed by atoms with Gasteiger partial charge >= 0.3 is 0 Å². The number of carbonyl (C=O) groups is 1. The Morgan fingerprint density at radius 3 is 2.80 bits per heavy atom. The Morgan fingerprint density at radius 1 is 1.60 bits per heavy atom. The number of nitrogens with one attached hydrogen (secondary N) is 2. The van der Waals surface area contributed by atoms with Gasteiger partial charge in [0, 0.05) is 6.42 Å². The molecule has 1 heterocycles. The minimum atomic E-state index is -0.105. The van der Waals surface area contributed by atoms with Crippen LogP contribution in [0.4, 0.5) is 0 Å². The minimum absolute atomic E-state index is 0.0202. The molecule has 0 aliphatic carbocycles. The third-order valence-electron chi connectivity index (χ3n) is 2.98. The molecule has 88 valence electrons. The van der Waals surface area contributed by atoms with E-state index in [4.69, 9.17) is 5.11 Å². The molecule has 1 fully saturated rings. The van der Waals surface area contributed by atoms with Crippen molar-refractivity contribution in [2.75, 3.05) is 19.7 Å². The molecule has 0 saturated carbocycles. The van der Waals surface area contributed by atoms with Gasteiger partial charge in [-0.15, -0.1) is 0 Å². The summed E-state index contributed by atoms with van der Waals surface area (Å²) < 4.78 is 0. The van der Waals surface area contributed by atoms with E-state index in [9.17, 15) is 4.79 Å². The summed E-state index contributed by atoms with van der Waals surface area (Å²) in [6, 6.07) is -0.105. The zero-order valence-electron chi connectivity index (χ0n) is 9.62. The van der Waals surface area contributed by atoms with E-state index in [1.54, 1.807) is 0 Å². The van der Waals surface area contributed by atoms with Gasteiger partial charge in [0.2, 0.25) is 5.91 Å². The van der Waals surface area contributed by atoms with E-state index in [0.717, 1.165) is 19.5 Å². The van der Waals surface area contributed by atoms with Crippen molar-refractivity contribution < 1.29 is 9.90 Å². The first-order valence-corrected chi connectivity index (χ1v) is 5.74. The van der Waals surface area contributed by atoms with E-state index in [2.05, 4.69) is 10.6 Å². The predicted molar refractivity (Wildman–Crippen MR) is 59.4 cm³/mol. The van der Waals surface area contributed by atoms with Crippen molar-refractivity contribution in [3.8, 4) is 0 Å². The van der Waals surface area contributed by atoms with Crippen LogP contribution in [0.3, 0.4) is 0 Å². The molecule has 0 bridgehead atoms. The first kappa shape index (κ1) is 12.5. The van der Waals surface area contributed by atoms with Gasteiger partial charge in [0.15, 0.2) is 0 Å². The Bertz CT molecular complexity index is 201. The highest BCUT2D eigenvalue weighted by molar-refractivity contribution is 5.76. The highest BCUT2D eigenvalue weighted by Crippen LogP contribution is 2.12. The van der Waals surface area contributed by atoms with E-state index in [1.807, 2.05) is 13.8 Å². The van der Waals surface area contributed by atoms with Gasteiger partial charge in [0.25, 0.3) is 0 Å². The summed E-state index contributed by atoms with van der Waals surface area (Å²) in [7, 11) is 0. The molecule has 2 atom stereocenters. The number of amides is 1. The zero-order chi connectivity index (χ0) is 11.3. The fourth-order valence-electron chi connectivity index (χ4n) is 1.84. The molecule has 4 nitrogen and oxygen atoms in total. The normalized spacial score (nSPS) is 23.1. The Kier molecular flexibility index (Phi) is 5.05. The highest BCUT2D eigenvalue weighted by Gasteiger charge is 2.20. The summed E-state index contributed by atoms with van der Waals surface area (Å²) in [5.74, 6) is 0.814. The second kappa shape index (κ2) is 6.08. The van der Waals surface area contributed by atoms with E-state index in [0.29, 0.717) is 12.3 Å². The van der Waals surface area contributed by atoms with E-state index < -0.39 is 0 Å². The molecule has 1 aliphatic rings. The molecule has 1 rings (SSSR count). The molecule has 0 aromatic rings. The SMILES string of the molecule is CC(C)C(CO)NC(=O)CC1CCNC1. The largest absolute Gasteiger partial charge is 0.394 e. The Balaban J connectivity index is 2.27. The summed E-state index contributed by atoms with van der Waals surface area (Å²) >= 11 is 0. The molecule has 1 aliphatic heterocycles. The topological polar surface area (TPSA) is 61.4 Å². The van der Waals surface area contributed by atoms with Crippen molar-refractivity contribution in [3.05, 3.63) is 0 Å². The van der Waals surface area contributed by atoms with Crippen LogP contribution >= 0.6 is 0 Å². The lowest BCUT2D eigenvalue weighted by Gasteiger charge is -2.20. The monoisotopic (exact) mass is 214 g/mol. The minimum Gasteiger partial charge on any atom is -0.394 e. The van der Waals surface area contributed by atoms with E-state index >= 15 is 0 Å². The average Bonchev–Trinajstić information content (AvgIpc) is 2.66. The molecule has 0 aromatic heterocycles. The molecule has 0 radical (unpaired) electrons. The van der Waals surface area contributed by atoms with Gasteiger partial charge in [-0.2, -0.15) is 0 Å². The number of aliphatic hydroxyl groups is 1. The summed E-state index contributed by atoms with van der Waals surface area (Å²) in [5, 5.41) is 15.2. The molecular formula is C11H22N2O2. The van der Waals surface area contributed by atoms with Crippen LogP contribution in [0, 0.1) is 11.8 Å². The summed E-state index contributed by atoms with van der Waals surface area (Å²) in [5.41, 5.74) is 0. The Labute approximate surface area is 91.4 Å². The van der Waals surface area contributed by atoms with Crippen LogP contribution in [0.5, 0.6) is 0 Å². The molecule has 3 N–H and O–H groups in total. The molecular weight excluding hydrogens is 192 g/mol. The van der Waals surface area contributed by atoms with Crippen molar-refractivity contribution in [3.63, 3.8) is 0 Å². The van der Waals surface area contributed by atoms with Crippen LogP contribution in [0.2, 0.25) is 0 Å². The first-order chi connectivity index (χ1) is 7.13. The van der Waals surface area contributed by atoms with Crippen LogP contribution < -0.4 is 10.6 Å². The van der Waals surface area contributed by atoms with E-state index in [1.165, 1.54) is 0 Å². The van der Waals surface area contributed by atoms with Crippen molar-refractivity contribution in [1.82, 2.24) is 10.6 Å². The first-order valence-electron chi connectivity index (χ1n) is 5.74. The number of rotatable bonds is 5. The van der Waals surface area contributed by atoms with Crippen LogP contribution in [0.1, 0.15) is 26.7 Å². The lowest BCUT2D eigenvalue weighted by Crippen LogP contribution is -2.41. The van der Waals surface area contributed by atoms with Gasteiger partial charge in [-0.3, -0.25) is 4.79 Å². The van der Waals surface area contributed by atoms with Crippen molar-refractivity contribution in [1.29, 1.82) is 0 Å². The van der Waals surface area contributed by atoms with Crippen LogP contribution in [0.25, 0.3) is 0 Å². The lowest BCUT2D eigenvalue weighted by molar-refractivity contribution is -0.123. The smallest absolute Gasteiger partial charge is 0.220 e. The zero-order valence-corrected chi connectivity index (χ0v) is 9.62. The number of carbonyl (C=O) groups excluding carboxylic acids is 1. The molecule has 1 amide bonds. The standard InChI is InChI=1S/C11H22N2O2/c1-8(2)10(7-14)13-11(15)5-9-3-4-12-6-9/h8-10,12,14H,3-7H2,1-2H3,(H,13,15). The van der Waals surface area contributed by atoms with Gasteiger partial charge in [-0.25, -0.2) is 0 Å².